The van der Waals surface area contributed by atoms with Gasteiger partial charge < -0.3 is 9.80 Å². The van der Waals surface area contributed by atoms with Crippen LogP contribution in [0, 0.1) is 5.41 Å². The molecular formula is C15H20Cl2N2O. The highest BCUT2D eigenvalue weighted by Crippen LogP contribution is 2.64. The molecule has 1 saturated carbocycles. The molecule has 0 heterocycles. The predicted molar refractivity (Wildman–Crippen MR) is 84.4 cm³/mol. The average molecular weight is 315 g/mol. The molecule has 5 heteroatoms. The van der Waals surface area contributed by atoms with Gasteiger partial charge in [-0.1, -0.05) is 12.1 Å². The maximum atomic E-state index is 12.4. The van der Waals surface area contributed by atoms with E-state index in [0.717, 1.165) is 11.3 Å². The number of amides is 1. The van der Waals surface area contributed by atoms with Crippen LogP contribution < -0.4 is 4.90 Å². The van der Waals surface area contributed by atoms with Crippen molar-refractivity contribution in [2.75, 3.05) is 26.0 Å². The smallest absolute Gasteiger partial charge is 0.231 e. The van der Waals surface area contributed by atoms with Gasteiger partial charge in [0.05, 0.1) is 5.41 Å². The Morgan fingerprint density at radius 2 is 1.70 bits per heavy atom. The van der Waals surface area contributed by atoms with E-state index in [4.69, 9.17) is 23.2 Å². The fourth-order valence-corrected chi connectivity index (χ4v) is 2.99. The number of carbonyl (C=O) groups excluding carboxylic acids is 1. The average Bonchev–Trinajstić information content (AvgIpc) is 2.89. The van der Waals surface area contributed by atoms with Gasteiger partial charge in [-0.3, -0.25) is 4.79 Å². The Morgan fingerprint density at radius 3 is 2.10 bits per heavy atom. The zero-order valence-electron chi connectivity index (χ0n) is 12.3. The Balaban J connectivity index is 2.01. The van der Waals surface area contributed by atoms with E-state index in [-0.39, 0.29) is 5.91 Å². The lowest BCUT2D eigenvalue weighted by molar-refractivity contribution is -0.135. The van der Waals surface area contributed by atoms with Crippen LogP contribution in [-0.2, 0) is 11.3 Å². The second-order valence-electron chi connectivity index (χ2n) is 5.94. The first-order valence-electron chi connectivity index (χ1n) is 6.57. The molecule has 0 saturated heterocycles. The summed E-state index contributed by atoms with van der Waals surface area (Å²) < 4.78 is -0.910. The van der Waals surface area contributed by atoms with E-state index in [9.17, 15) is 4.79 Å². The highest BCUT2D eigenvalue weighted by molar-refractivity contribution is 6.53. The Bertz CT molecular complexity index is 513. The summed E-state index contributed by atoms with van der Waals surface area (Å²) in [6, 6.07) is 8.14. The van der Waals surface area contributed by atoms with Crippen LogP contribution >= 0.6 is 23.2 Å². The number of hydrogen-bond acceptors (Lipinski definition) is 2. The minimum absolute atomic E-state index is 0.000754. The van der Waals surface area contributed by atoms with Crippen molar-refractivity contribution in [3.8, 4) is 0 Å². The molecule has 1 fully saturated rings. The Labute approximate surface area is 130 Å². The van der Waals surface area contributed by atoms with Crippen LogP contribution in [0.5, 0.6) is 0 Å². The second kappa shape index (κ2) is 5.12. The number of carbonyl (C=O) groups is 1. The molecule has 1 aliphatic rings. The first-order valence-corrected chi connectivity index (χ1v) is 7.33. The Kier molecular flexibility index (Phi) is 3.96. The van der Waals surface area contributed by atoms with E-state index in [1.807, 2.05) is 50.2 Å². The molecule has 1 aromatic carbocycles. The van der Waals surface area contributed by atoms with Crippen LogP contribution in [0.3, 0.4) is 0 Å². The fourth-order valence-electron chi connectivity index (χ4n) is 2.30. The summed E-state index contributed by atoms with van der Waals surface area (Å²) in [5.41, 5.74) is 1.58. The maximum Gasteiger partial charge on any atom is 0.231 e. The summed E-state index contributed by atoms with van der Waals surface area (Å²) in [6.45, 7) is 2.38. The summed E-state index contributed by atoms with van der Waals surface area (Å²) >= 11 is 12.1. The molecule has 1 amide bonds. The SMILES string of the molecule is CN(Cc1ccc(N(C)C)cc1)C(=O)C1(C)CC1(Cl)Cl. The molecule has 1 unspecified atom stereocenters. The van der Waals surface area contributed by atoms with E-state index < -0.39 is 9.75 Å². The molecule has 3 nitrogen and oxygen atoms in total. The van der Waals surface area contributed by atoms with Crippen molar-refractivity contribution in [3.05, 3.63) is 29.8 Å². The van der Waals surface area contributed by atoms with Crippen molar-refractivity contribution >= 4 is 34.8 Å². The monoisotopic (exact) mass is 314 g/mol. The zero-order valence-corrected chi connectivity index (χ0v) is 13.8. The van der Waals surface area contributed by atoms with Crippen LogP contribution in [-0.4, -0.2) is 36.3 Å². The van der Waals surface area contributed by atoms with E-state index in [0.29, 0.717) is 13.0 Å². The molecule has 2 rings (SSSR count). The number of anilines is 1. The summed E-state index contributed by atoms with van der Waals surface area (Å²) in [4.78, 5) is 16.1. The van der Waals surface area contributed by atoms with Crippen LogP contribution in [0.1, 0.15) is 18.9 Å². The second-order valence-corrected chi connectivity index (χ2v) is 7.42. The van der Waals surface area contributed by atoms with Gasteiger partial charge in [0.1, 0.15) is 4.33 Å². The highest BCUT2D eigenvalue weighted by Gasteiger charge is 2.68. The van der Waals surface area contributed by atoms with E-state index >= 15 is 0 Å². The standard InChI is InChI=1S/C15H20Cl2N2O/c1-14(10-15(14,16)17)13(20)19(4)9-11-5-7-12(8-6-11)18(2)3/h5-8H,9-10H2,1-4H3. The normalized spacial score (nSPS) is 23.3. The summed E-state index contributed by atoms with van der Waals surface area (Å²) in [6.07, 6.45) is 0.520. The lowest BCUT2D eigenvalue weighted by Crippen LogP contribution is -2.34. The summed E-state index contributed by atoms with van der Waals surface area (Å²) in [5.74, 6) is -0.000754. The minimum Gasteiger partial charge on any atom is -0.378 e. The van der Waals surface area contributed by atoms with Crippen LogP contribution in [0.2, 0.25) is 0 Å². The Morgan fingerprint density at radius 1 is 1.20 bits per heavy atom. The van der Waals surface area contributed by atoms with E-state index in [2.05, 4.69) is 0 Å². The number of nitrogens with zero attached hydrogens (tertiary/aromatic N) is 2. The molecule has 0 radical (unpaired) electrons. The number of rotatable bonds is 4. The van der Waals surface area contributed by atoms with Gasteiger partial charge in [0.25, 0.3) is 0 Å². The van der Waals surface area contributed by atoms with Gasteiger partial charge in [-0.05, 0) is 31.0 Å². The Hall–Kier alpha value is -0.930. The molecule has 0 spiro atoms. The first-order chi connectivity index (χ1) is 9.17. The van der Waals surface area contributed by atoms with Crippen molar-refractivity contribution in [2.45, 2.75) is 24.2 Å². The highest BCUT2D eigenvalue weighted by atomic mass is 35.5. The van der Waals surface area contributed by atoms with Gasteiger partial charge in [-0.15, -0.1) is 23.2 Å². The van der Waals surface area contributed by atoms with Gasteiger partial charge in [0.2, 0.25) is 5.91 Å². The van der Waals surface area contributed by atoms with Gasteiger partial charge >= 0.3 is 0 Å². The molecule has 1 atom stereocenters. The third kappa shape index (κ3) is 2.75. The fraction of sp³-hybridized carbons (Fsp3) is 0.533. The third-order valence-electron chi connectivity index (χ3n) is 3.95. The van der Waals surface area contributed by atoms with Crippen molar-refractivity contribution in [2.24, 2.45) is 5.41 Å². The van der Waals surface area contributed by atoms with Crippen molar-refractivity contribution in [3.63, 3.8) is 0 Å². The van der Waals surface area contributed by atoms with Gasteiger partial charge in [0, 0.05) is 33.4 Å². The number of halogens is 2. The zero-order chi connectivity index (χ0) is 15.1. The van der Waals surface area contributed by atoms with Crippen molar-refractivity contribution < 1.29 is 4.79 Å². The molecule has 1 aliphatic carbocycles. The van der Waals surface area contributed by atoms with Crippen molar-refractivity contribution in [1.29, 1.82) is 0 Å². The topological polar surface area (TPSA) is 23.6 Å². The lowest BCUT2D eigenvalue weighted by atomic mass is 10.1. The summed E-state index contributed by atoms with van der Waals surface area (Å²) in [5, 5.41) is 0. The number of alkyl halides is 2. The van der Waals surface area contributed by atoms with Gasteiger partial charge in [0.15, 0.2) is 0 Å². The summed E-state index contributed by atoms with van der Waals surface area (Å²) in [7, 11) is 5.79. The van der Waals surface area contributed by atoms with Crippen molar-refractivity contribution in [1.82, 2.24) is 4.90 Å². The molecular weight excluding hydrogens is 295 g/mol. The largest absolute Gasteiger partial charge is 0.378 e. The third-order valence-corrected chi connectivity index (χ3v) is 5.05. The predicted octanol–water partition coefficient (Wildman–Crippen LogP) is 3.29. The van der Waals surface area contributed by atoms with E-state index in [1.165, 1.54) is 0 Å². The van der Waals surface area contributed by atoms with Gasteiger partial charge in [-0.25, -0.2) is 0 Å². The minimum atomic E-state index is -0.910. The molecule has 20 heavy (non-hydrogen) atoms. The quantitative estimate of drug-likeness (QED) is 0.796. The molecule has 1 aromatic rings. The maximum absolute atomic E-state index is 12.4. The van der Waals surface area contributed by atoms with Crippen LogP contribution in [0.4, 0.5) is 5.69 Å². The van der Waals surface area contributed by atoms with E-state index in [1.54, 1.807) is 11.9 Å². The molecule has 110 valence electrons. The number of benzene rings is 1. The first kappa shape index (κ1) is 15.5. The van der Waals surface area contributed by atoms with Crippen LogP contribution in [0.15, 0.2) is 24.3 Å². The lowest BCUT2D eigenvalue weighted by Gasteiger charge is -2.22. The number of hydrogen-bond donors (Lipinski definition) is 0. The molecule has 0 bridgehead atoms. The molecule has 0 aliphatic heterocycles. The molecule has 0 aromatic heterocycles. The van der Waals surface area contributed by atoms with Crippen LogP contribution in [0.25, 0.3) is 0 Å². The molecule has 0 N–H and O–H groups in total. The van der Waals surface area contributed by atoms with Gasteiger partial charge in [-0.2, -0.15) is 0 Å².